The van der Waals surface area contributed by atoms with Gasteiger partial charge in [-0.15, -0.1) is 0 Å². The van der Waals surface area contributed by atoms with Crippen LogP contribution in [0.25, 0.3) is 0 Å². The number of nitrogens with zero attached hydrogens (tertiary/aromatic N) is 1. The van der Waals surface area contributed by atoms with E-state index in [1.165, 1.54) is 38.9 Å². The lowest BCUT2D eigenvalue weighted by molar-refractivity contribution is 0.198. The molecular formula is C12H26N2OS. The summed E-state index contributed by atoms with van der Waals surface area (Å²) >= 11 is 0. The van der Waals surface area contributed by atoms with Crippen LogP contribution in [0.15, 0.2) is 0 Å². The third kappa shape index (κ3) is 4.93. The van der Waals surface area contributed by atoms with Gasteiger partial charge in [-0.05, 0) is 45.8 Å². The molecule has 0 amide bonds. The molecule has 1 aliphatic rings. The van der Waals surface area contributed by atoms with Crippen molar-refractivity contribution in [3.8, 4) is 0 Å². The third-order valence-corrected chi connectivity index (χ3v) is 4.69. The van der Waals surface area contributed by atoms with E-state index in [0.29, 0.717) is 6.04 Å². The lowest BCUT2D eigenvalue weighted by atomic mass is 10.0. The van der Waals surface area contributed by atoms with Gasteiger partial charge in [-0.3, -0.25) is 4.21 Å². The van der Waals surface area contributed by atoms with Crippen LogP contribution in [0.5, 0.6) is 0 Å². The summed E-state index contributed by atoms with van der Waals surface area (Å²) in [5, 5.41) is 3.82. The van der Waals surface area contributed by atoms with Crippen LogP contribution < -0.4 is 5.32 Å². The Bertz CT molecular complexity index is 215. The highest BCUT2D eigenvalue weighted by Gasteiger charge is 2.18. The van der Waals surface area contributed by atoms with Crippen molar-refractivity contribution in [2.45, 2.75) is 44.4 Å². The molecule has 0 saturated carbocycles. The van der Waals surface area contributed by atoms with E-state index in [0.717, 1.165) is 6.54 Å². The molecule has 0 aromatic carbocycles. The summed E-state index contributed by atoms with van der Waals surface area (Å²) in [5.41, 5.74) is 0. The standard InChI is InChI=1S/C12H26N2OS/c1-4-7-14-8-5-12(6-9-14)13-10-11(2)16(3)15/h11-13H,4-10H2,1-3H3. The topological polar surface area (TPSA) is 32.3 Å². The Morgan fingerprint density at radius 1 is 1.44 bits per heavy atom. The zero-order valence-corrected chi connectivity index (χ0v) is 11.7. The number of piperidine rings is 1. The first kappa shape index (κ1) is 14.1. The second kappa shape index (κ2) is 7.41. The molecule has 1 heterocycles. The summed E-state index contributed by atoms with van der Waals surface area (Å²) in [6.07, 6.45) is 5.52. The highest BCUT2D eigenvalue weighted by Crippen LogP contribution is 2.10. The average molecular weight is 246 g/mol. The lowest BCUT2D eigenvalue weighted by Crippen LogP contribution is -2.44. The van der Waals surface area contributed by atoms with Crippen LogP contribution in [0.2, 0.25) is 0 Å². The molecule has 1 aliphatic heterocycles. The predicted molar refractivity (Wildman–Crippen MR) is 71.3 cm³/mol. The fraction of sp³-hybridized carbons (Fsp3) is 1.00. The lowest BCUT2D eigenvalue weighted by Gasteiger charge is -2.32. The molecule has 2 atom stereocenters. The Hall–Kier alpha value is 0.0700. The van der Waals surface area contributed by atoms with Gasteiger partial charge in [-0.1, -0.05) is 6.92 Å². The molecule has 1 saturated heterocycles. The molecule has 16 heavy (non-hydrogen) atoms. The van der Waals surface area contributed by atoms with Gasteiger partial charge in [0.05, 0.1) is 0 Å². The van der Waals surface area contributed by atoms with Gasteiger partial charge in [-0.25, -0.2) is 0 Å². The van der Waals surface area contributed by atoms with E-state index in [9.17, 15) is 4.21 Å². The largest absolute Gasteiger partial charge is 0.313 e. The zero-order chi connectivity index (χ0) is 12.0. The van der Waals surface area contributed by atoms with Crippen molar-refractivity contribution in [1.82, 2.24) is 10.2 Å². The average Bonchev–Trinajstić information content (AvgIpc) is 2.28. The Morgan fingerprint density at radius 2 is 2.06 bits per heavy atom. The van der Waals surface area contributed by atoms with Gasteiger partial charge in [0.25, 0.3) is 0 Å². The Kier molecular flexibility index (Phi) is 6.54. The normalized spacial score (nSPS) is 23.2. The van der Waals surface area contributed by atoms with Crippen molar-refractivity contribution >= 4 is 10.8 Å². The summed E-state index contributed by atoms with van der Waals surface area (Å²) in [7, 11) is -0.698. The van der Waals surface area contributed by atoms with Gasteiger partial charge in [0.2, 0.25) is 0 Å². The van der Waals surface area contributed by atoms with Crippen molar-refractivity contribution in [3.63, 3.8) is 0 Å². The van der Waals surface area contributed by atoms with Crippen molar-refractivity contribution < 1.29 is 4.21 Å². The predicted octanol–water partition coefficient (Wildman–Crippen LogP) is 1.22. The van der Waals surface area contributed by atoms with E-state index >= 15 is 0 Å². The maximum atomic E-state index is 11.2. The molecule has 96 valence electrons. The van der Waals surface area contributed by atoms with E-state index in [-0.39, 0.29) is 5.25 Å². The van der Waals surface area contributed by atoms with Crippen LogP contribution >= 0.6 is 0 Å². The van der Waals surface area contributed by atoms with E-state index < -0.39 is 10.8 Å². The maximum Gasteiger partial charge on any atom is 0.0441 e. The van der Waals surface area contributed by atoms with E-state index in [4.69, 9.17) is 0 Å². The fourth-order valence-corrected chi connectivity index (χ4v) is 2.46. The molecule has 3 nitrogen and oxygen atoms in total. The molecule has 0 radical (unpaired) electrons. The summed E-state index contributed by atoms with van der Waals surface area (Å²) in [4.78, 5) is 2.54. The highest BCUT2D eigenvalue weighted by molar-refractivity contribution is 7.84. The number of nitrogens with one attached hydrogen (secondary N) is 1. The number of likely N-dealkylation sites (tertiary alicyclic amines) is 1. The Morgan fingerprint density at radius 3 is 2.56 bits per heavy atom. The molecule has 0 aromatic heterocycles. The van der Waals surface area contributed by atoms with Gasteiger partial charge in [-0.2, -0.15) is 0 Å². The van der Waals surface area contributed by atoms with Crippen molar-refractivity contribution in [1.29, 1.82) is 0 Å². The monoisotopic (exact) mass is 246 g/mol. The molecule has 0 aromatic rings. The second-order valence-electron chi connectivity index (χ2n) is 4.83. The number of hydrogen-bond acceptors (Lipinski definition) is 3. The molecule has 0 aliphatic carbocycles. The molecule has 1 rings (SSSR count). The molecule has 1 fully saturated rings. The quantitative estimate of drug-likeness (QED) is 0.765. The molecule has 0 spiro atoms. The third-order valence-electron chi connectivity index (χ3n) is 3.39. The maximum absolute atomic E-state index is 11.2. The summed E-state index contributed by atoms with van der Waals surface area (Å²) < 4.78 is 11.2. The van der Waals surface area contributed by atoms with Crippen LogP contribution in [0.3, 0.4) is 0 Å². The highest BCUT2D eigenvalue weighted by atomic mass is 32.2. The van der Waals surface area contributed by atoms with Crippen molar-refractivity contribution in [3.05, 3.63) is 0 Å². The van der Waals surface area contributed by atoms with Gasteiger partial charge >= 0.3 is 0 Å². The second-order valence-corrected chi connectivity index (χ2v) is 6.64. The van der Waals surface area contributed by atoms with E-state index in [1.54, 1.807) is 6.26 Å². The minimum Gasteiger partial charge on any atom is -0.313 e. The minimum atomic E-state index is -0.698. The molecular weight excluding hydrogens is 220 g/mol. The summed E-state index contributed by atoms with van der Waals surface area (Å²) in [5.74, 6) is 0. The smallest absolute Gasteiger partial charge is 0.0441 e. The molecule has 4 heteroatoms. The van der Waals surface area contributed by atoms with Crippen LogP contribution in [0.1, 0.15) is 33.1 Å². The minimum absolute atomic E-state index is 0.272. The van der Waals surface area contributed by atoms with Gasteiger partial charge < -0.3 is 10.2 Å². The van der Waals surface area contributed by atoms with Crippen LogP contribution in [-0.4, -0.2) is 52.8 Å². The van der Waals surface area contributed by atoms with Crippen LogP contribution in [-0.2, 0) is 10.8 Å². The van der Waals surface area contributed by atoms with Crippen molar-refractivity contribution in [2.75, 3.05) is 32.4 Å². The molecule has 0 bridgehead atoms. The van der Waals surface area contributed by atoms with Crippen LogP contribution in [0, 0.1) is 0 Å². The SMILES string of the molecule is CCCN1CCC(NCC(C)S(C)=O)CC1. The Balaban J connectivity index is 2.14. The Labute approximate surface area is 102 Å². The first-order chi connectivity index (χ1) is 7.63. The fourth-order valence-electron chi connectivity index (χ4n) is 2.13. The van der Waals surface area contributed by atoms with Crippen LogP contribution in [0.4, 0.5) is 0 Å². The van der Waals surface area contributed by atoms with Gasteiger partial charge in [0.15, 0.2) is 0 Å². The van der Waals surface area contributed by atoms with E-state index in [1.807, 2.05) is 0 Å². The van der Waals surface area contributed by atoms with E-state index in [2.05, 4.69) is 24.1 Å². The number of rotatable bonds is 6. The molecule has 2 unspecified atom stereocenters. The zero-order valence-electron chi connectivity index (χ0n) is 10.9. The first-order valence-corrected chi connectivity index (χ1v) is 8.03. The summed E-state index contributed by atoms with van der Waals surface area (Å²) in [6.45, 7) is 8.85. The summed E-state index contributed by atoms with van der Waals surface area (Å²) in [6, 6.07) is 0.638. The number of hydrogen-bond donors (Lipinski definition) is 1. The first-order valence-electron chi connectivity index (χ1n) is 6.41. The van der Waals surface area contributed by atoms with Crippen molar-refractivity contribution in [2.24, 2.45) is 0 Å². The van der Waals surface area contributed by atoms with Gasteiger partial charge in [0, 0.05) is 34.9 Å². The van der Waals surface area contributed by atoms with Gasteiger partial charge in [0.1, 0.15) is 0 Å². The molecule has 1 N–H and O–H groups in total.